The van der Waals surface area contributed by atoms with E-state index in [2.05, 4.69) is 29.6 Å². The van der Waals surface area contributed by atoms with Crippen molar-refractivity contribution in [3.8, 4) is 0 Å². The van der Waals surface area contributed by atoms with Gasteiger partial charge in [0.25, 0.3) is 5.91 Å². The van der Waals surface area contributed by atoms with E-state index < -0.39 is 0 Å². The summed E-state index contributed by atoms with van der Waals surface area (Å²) in [6.07, 6.45) is 1.00. The molecule has 2 N–H and O–H groups in total. The molecule has 1 aliphatic rings. The van der Waals surface area contributed by atoms with Crippen LogP contribution in [0.2, 0.25) is 10.0 Å². The highest BCUT2D eigenvalue weighted by molar-refractivity contribution is 6.36. The molecular formula is C18H19Cl2N2O+. The number of fused-ring (bicyclic) bond motifs is 1. The molecule has 0 radical (unpaired) electrons. The lowest BCUT2D eigenvalue weighted by Gasteiger charge is -2.30. The lowest BCUT2D eigenvalue weighted by Crippen LogP contribution is -3.16. The van der Waals surface area contributed by atoms with E-state index in [1.807, 2.05) is 6.92 Å². The van der Waals surface area contributed by atoms with Crippen LogP contribution in [0.15, 0.2) is 42.5 Å². The van der Waals surface area contributed by atoms with Crippen LogP contribution in [0.1, 0.15) is 18.1 Å². The van der Waals surface area contributed by atoms with Gasteiger partial charge in [-0.15, -0.1) is 0 Å². The van der Waals surface area contributed by atoms with Gasteiger partial charge in [0.05, 0.1) is 17.3 Å². The Balaban J connectivity index is 1.68. The van der Waals surface area contributed by atoms with Gasteiger partial charge in [-0.3, -0.25) is 4.79 Å². The molecule has 2 atom stereocenters. The fourth-order valence-electron chi connectivity index (χ4n) is 2.99. The zero-order chi connectivity index (χ0) is 16.4. The van der Waals surface area contributed by atoms with Crippen molar-refractivity contribution in [3.63, 3.8) is 0 Å². The number of carbonyl (C=O) groups is 1. The van der Waals surface area contributed by atoms with Crippen LogP contribution in [0, 0.1) is 0 Å². The van der Waals surface area contributed by atoms with Gasteiger partial charge in [-0.05, 0) is 30.7 Å². The average Bonchev–Trinajstić information content (AvgIpc) is 2.56. The molecule has 120 valence electrons. The molecule has 1 heterocycles. The Morgan fingerprint density at radius 3 is 2.65 bits per heavy atom. The van der Waals surface area contributed by atoms with Gasteiger partial charge in [0.2, 0.25) is 0 Å². The van der Waals surface area contributed by atoms with Crippen LogP contribution in [0.4, 0.5) is 5.69 Å². The van der Waals surface area contributed by atoms with Crippen LogP contribution in [0.25, 0.3) is 0 Å². The van der Waals surface area contributed by atoms with Crippen LogP contribution < -0.4 is 10.2 Å². The number of hydrogen-bond acceptors (Lipinski definition) is 1. The standard InChI is InChI=1S/C18H18Cl2N2O/c1-12(18(23)21-17-7-6-15(19)10-16(17)20)22-9-8-13-4-2-3-5-14(13)11-22/h2-7,10,12H,8-9,11H2,1H3,(H,21,23)/p+1/t12-/m0/s1. The second kappa shape index (κ2) is 6.91. The molecule has 3 rings (SSSR count). The Labute approximate surface area is 146 Å². The molecular weight excluding hydrogens is 331 g/mol. The van der Waals surface area contributed by atoms with E-state index in [1.54, 1.807) is 18.2 Å². The van der Waals surface area contributed by atoms with Gasteiger partial charge in [0.1, 0.15) is 6.54 Å². The molecule has 23 heavy (non-hydrogen) atoms. The van der Waals surface area contributed by atoms with Crippen molar-refractivity contribution in [2.75, 3.05) is 11.9 Å². The van der Waals surface area contributed by atoms with Gasteiger partial charge in [-0.25, -0.2) is 0 Å². The van der Waals surface area contributed by atoms with Crippen LogP contribution in [-0.2, 0) is 17.8 Å². The molecule has 0 aliphatic carbocycles. The average molecular weight is 350 g/mol. The first-order valence-electron chi connectivity index (χ1n) is 7.72. The summed E-state index contributed by atoms with van der Waals surface area (Å²) >= 11 is 12.0. The summed E-state index contributed by atoms with van der Waals surface area (Å²) in [6.45, 7) is 3.79. The van der Waals surface area contributed by atoms with E-state index in [-0.39, 0.29) is 11.9 Å². The highest BCUT2D eigenvalue weighted by Gasteiger charge is 2.29. The van der Waals surface area contributed by atoms with Crippen LogP contribution in [-0.4, -0.2) is 18.5 Å². The second-order valence-electron chi connectivity index (χ2n) is 5.94. The molecule has 3 nitrogen and oxygen atoms in total. The summed E-state index contributed by atoms with van der Waals surface area (Å²) in [7, 11) is 0. The van der Waals surface area contributed by atoms with Crippen molar-refractivity contribution in [2.24, 2.45) is 0 Å². The molecule has 0 bridgehead atoms. The first-order chi connectivity index (χ1) is 11.0. The number of benzene rings is 2. The molecule has 1 unspecified atom stereocenters. The van der Waals surface area contributed by atoms with Gasteiger partial charge in [-0.1, -0.05) is 47.5 Å². The molecule has 0 saturated carbocycles. The number of quaternary nitrogens is 1. The summed E-state index contributed by atoms with van der Waals surface area (Å²) in [6, 6.07) is 13.4. The maximum Gasteiger partial charge on any atom is 0.282 e. The SMILES string of the molecule is C[C@@H](C(=O)Nc1ccc(Cl)cc1Cl)[NH+]1CCc2ccccc2C1. The van der Waals surface area contributed by atoms with Crippen LogP contribution >= 0.6 is 23.2 Å². The quantitative estimate of drug-likeness (QED) is 0.877. The van der Waals surface area contributed by atoms with E-state index >= 15 is 0 Å². The van der Waals surface area contributed by atoms with Crippen molar-refractivity contribution >= 4 is 34.8 Å². The van der Waals surface area contributed by atoms with Gasteiger partial charge < -0.3 is 10.2 Å². The van der Waals surface area contributed by atoms with Gasteiger partial charge in [0.15, 0.2) is 6.04 Å². The number of nitrogens with one attached hydrogen (secondary N) is 2. The molecule has 1 amide bonds. The van der Waals surface area contributed by atoms with Crippen molar-refractivity contribution in [1.29, 1.82) is 0 Å². The highest BCUT2D eigenvalue weighted by Crippen LogP contribution is 2.25. The second-order valence-corrected chi connectivity index (χ2v) is 6.78. The zero-order valence-corrected chi connectivity index (χ0v) is 14.4. The van der Waals surface area contributed by atoms with Crippen LogP contribution in [0.3, 0.4) is 0 Å². The predicted molar refractivity (Wildman–Crippen MR) is 94.2 cm³/mol. The number of halogens is 2. The molecule has 0 fully saturated rings. The third kappa shape index (κ3) is 3.69. The van der Waals surface area contributed by atoms with Gasteiger partial charge >= 0.3 is 0 Å². The maximum atomic E-state index is 12.5. The predicted octanol–water partition coefficient (Wildman–Crippen LogP) is 2.96. The topological polar surface area (TPSA) is 33.5 Å². The Hall–Kier alpha value is -1.55. The Morgan fingerprint density at radius 2 is 1.91 bits per heavy atom. The molecule has 0 aromatic heterocycles. The highest BCUT2D eigenvalue weighted by atomic mass is 35.5. The summed E-state index contributed by atoms with van der Waals surface area (Å²) in [5.41, 5.74) is 3.33. The minimum absolute atomic E-state index is 0.0244. The third-order valence-corrected chi connectivity index (χ3v) is 4.99. The molecule has 0 saturated heterocycles. The fourth-order valence-corrected chi connectivity index (χ4v) is 3.44. The third-order valence-electron chi connectivity index (χ3n) is 4.45. The van der Waals surface area contributed by atoms with Gasteiger partial charge in [0, 0.05) is 17.0 Å². The van der Waals surface area contributed by atoms with Crippen molar-refractivity contribution < 1.29 is 9.69 Å². The number of carbonyl (C=O) groups excluding carboxylic acids is 1. The molecule has 2 aromatic carbocycles. The maximum absolute atomic E-state index is 12.5. The van der Waals surface area contributed by atoms with Crippen LogP contribution in [0.5, 0.6) is 0 Å². The molecule has 2 aromatic rings. The number of rotatable bonds is 3. The summed E-state index contributed by atoms with van der Waals surface area (Å²) in [5, 5.41) is 3.92. The van der Waals surface area contributed by atoms with Crippen molar-refractivity contribution in [2.45, 2.75) is 25.9 Å². The fraction of sp³-hybridized carbons (Fsp3) is 0.278. The minimum atomic E-state index is -0.143. The lowest BCUT2D eigenvalue weighted by atomic mass is 9.99. The monoisotopic (exact) mass is 349 g/mol. The number of amides is 1. The van der Waals surface area contributed by atoms with Crippen molar-refractivity contribution in [3.05, 3.63) is 63.6 Å². The number of hydrogen-bond donors (Lipinski definition) is 2. The Bertz CT molecular complexity index is 733. The van der Waals surface area contributed by atoms with E-state index in [4.69, 9.17) is 23.2 Å². The first-order valence-corrected chi connectivity index (χ1v) is 8.47. The van der Waals surface area contributed by atoms with Crippen molar-refractivity contribution in [1.82, 2.24) is 0 Å². The zero-order valence-electron chi connectivity index (χ0n) is 12.9. The van der Waals surface area contributed by atoms with E-state index in [1.165, 1.54) is 16.0 Å². The lowest BCUT2D eigenvalue weighted by molar-refractivity contribution is -0.929. The normalized spacial score (nSPS) is 18.1. The van der Waals surface area contributed by atoms with Gasteiger partial charge in [-0.2, -0.15) is 0 Å². The summed E-state index contributed by atoms with van der Waals surface area (Å²) in [5.74, 6) is -0.0244. The molecule has 0 spiro atoms. The Kier molecular flexibility index (Phi) is 4.90. The van der Waals surface area contributed by atoms with E-state index in [9.17, 15) is 4.79 Å². The minimum Gasteiger partial charge on any atom is -0.321 e. The first kappa shape index (κ1) is 16.3. The summed E-state index contributed by atoms with van der Waals surface area (Å²) < 4.78 is 0. The number of anilines is 1. The largest absolute Gasteiger partial charge is 0.321 e. The summed E-state index contributed by atoms with van der Waals surface area (Å²) in [4.78, 5) is 13.8. The molecule has 5 heteroatoms. The van der Waals surface area contributed by atoms with E-state index in [0.717, 1.165) is 19.5 Å². The smallest absolute Gasteiger partial charge is 0.282 e. The molecule has 1 aliphatic heterocycles. The Morgan fingerprint density at radius 1 is 1.17 bits per heavy atom. The van der Waals surface area contributed by atoms with E-state index in [0.29, 0.717) is 15.7 Å².